The van der Waals surface area contributed by atoms with Gasteiger partial charge in [0, 0.05) is 17.4 Å². The lowest BCUT2D eigenvalue weighted by Crippen LogP contribution is -2.16. The van der Waals surface area contributed by atoms with E-state index in [2.05, 4.69) is 24.6 Å². The largest absolute Gasteiger partial charge is 0.398 e. The van der Waals surface area contributed by atoms with E-state index in [1.807, 2.05) is 17.8 Å². The van der Waals surface area contributed by atoms with Gasteiger partial charge in [0.15, 0.2) is 0 Å². The number of nitrogen functional groups attached to an aromatic ring is 1. The van der Waals surface area contributed by atoms with Gasteiger partial charge in [-0.1, -0.05) is 0 Å². The second-order valence-electron chi connectivity index (χ2n) is 3.74. The highest BCUT2D eigenvalue weighted by atomic mass is 32.2. The Bertz CT molecular complexity index is 384. The normalized spacial score (nSPS) is 11.8. The zero-order valence-electron chi connectivity index (χ0n) is 9.66. The first-order valence-corrected chi connectivity index (χ1v) is 6.62. The summed E-state index contributed by atoms with van der Waals surface area (Å²) in [5.74, 6) is 1.13. The van der Waals surface area contributed by atoms with Gasteiger partial charge in [0.05, 0.1) is 5.56 Å². The summed E-state index contributed by atoms with van der Waals surface area (Å²) in [6, 6.07) is 7.96. The van der Waals surface area contributed by atoms with Crippen LogP contribution in [0, 0.1) is 11.3 Å². The predicted octanol–water partition coefficient (Wildman–Crippen LogP) is 2.69. The maximum Gasteiger partial charge on any atom is 0.101 e. The molecule has 0 saturated carbocycles. The number of nitriles is 1. The van der Waals surface area contributed by atoms with Crippen LogP contribution in [0.1, 0.15) is 18.9 Å². The van der Waals surface area contributed by atoms with E-state index in [-0.39, 0.29) is 0 Å². The molecule has 0 heterocycles. The number of nitrogens with two attached hydrogens (primary N) is 1. The van der Waals surface area contributed by atoms with Crippen LogP contribution in [-0.2, 0) is 0 Å². The number of anilines is 2. The first-order valence-electron chi connectivity index (χ1n) is 5.22. The van der Waals surface area contributed by atoms with Crippen LogP contribution in [0.3, 0.4) is 0 Å². The standard InChI is InChI=1S/C12H17N3S/c1-9(5-6-16-2)15-11-3-4-12(14)10(7-11)8-13/h3-4,7,9,15H,5-6,14H2,1-2H3. The lowest BCUT2D eigenvalue weighted by Gasteiger charge is -2.15. The summed E-state index contributed by atoms with van der Waals surface area (Å²) >= 11 is 1.84. The van der Waals surface area contributed by atoms with E-state index in [1.165, 1.54) is 0 Å². The SMILES string of the molecule is CSCCC(C)Nc1ccc(N)c(C#N)c1. The zero-order valence-corrected chi connectivity index (χ0v) is 10.5. The fraction of sp³-hybridized carbons (Fsp3) is 0.417. The number of hydrogen-bond acceptors (Lipinski definition) is 4. The Labute approximate surface area is 101 Å². The van der Waals surface area contributed by atoms with Crippen molar-refractivity contribution in [3.05, 3.63) is 23.8 Å². The molecule has 0 aliphatic heterocycles. The van der Waals surface area contributed by atoms with Crippen LogP contribution in [0.2, 0.25) is 0 Å². The summed E-state index contributed by atoms with van der Waals surface area (Å²) in [6.45, 7) is 2.14. The lowest BCUT2D eigenvalue weighted by atomic mass is 10.1. The zero-order chi connectivity index (χ0) is 12.0. The van der Waals surface area contributed by atoms with Crippen LogP contribution in [0.4, 0.5) is 11.4 Å². The second kappa shape index (κ2) is 6.29. The van der Waals surface area contributed by atoms with Crippen LogP contribution in [-0.4, -0.2) is 18.1 Å². The van der Waals surface area contributed by atoms with Gasteiger partial charge in [0.25, 0.3) is 0 Å². The lowest BCUT2D eigenvalue weighted by molar-refractivity contribution is 0.772. The molecule has 3 nitrogen and oxygen atoms in total. The molecular formula is C12H17N3S. The number of benzene rings is 1. The summed E-state index contributed by atoms with van der Waals surface area (Å²) < 4.78 is 0. The minimum atomic E-state index is 0.405. The Balaban J connectivity index is 2.64. The van der Waals surface area contributed by atoms with E-state index >= 15 is 0 Å². The molecule has 0 aliphatic carbocycles. The van der Waals surface area contributed by atoms with Crippen molar-refractivity contribution in [3.63, 3.8) is 0 Å². The van der Waals surface area contributed by atoms with Crippen LogP contribution < -0.4 is 11.1 Å². The molecule has 3 N–H and O–H groups in total. The average Bonchev–Trinajstić information content (AvgIpc) is 2.29. The van der Waals surface area contributed by atoms with Crippen LogP contribution in [0.15, 0.2) is 18.2 Å². The van der Waals surface area contributed by atoms with Crippen molar-refractivity contribution < 1.29 is 0 Å². The molecule has 4 heteroatoms. The molecule has 0 fully saturated rings. The van der Waals surface area contributed by atoms with Gasteiger partial charge < -0.3 is 11.1 Å². The third kappa shape index (κ3) is 3.67. The Kier molecular flexibility index (Phi) is 5.00. The number of rotatable bonds is 5. The van der Waals surface area contributed by atoms with E-state index in [4.69, 9.17) is 11.0 Å². The molecule has 0 radical (unpaired) electrons. The molecule has 1 aromatic rings. The predicted molar refractivity (Wildman–Crippen MR) is 71.7 cm³/mol. The Morgan fingerprint density at radius 1 is 1.56 bits per heavy atom. The van der Waals surface area contributed by atoms with E-state index in [0.717, 1.165) is 17.9 Å². The highest BCUT2D eigenvalue weighted by Crippen LogP contribution is 2.18. The Morgan fingerprint density at radius 2 is 2.31 bits per heavy atom. The van der Waals surface area contributed by atoms with Crippen LogP contribution in [0.5, 0.6) is 0 Å². The Morgan fingerprint density at radius 3 is 2.94 bits per heavy atom. The summed E-state index contributed by atoms with van der Waals surface area (Å²) in [5, 5.41) is 12.2. The molecule has 16 heavy (non-hydrogen) atoms. The molecule has 0 aromatic heterocycles. The molecule has 0 amide bonds. The quantitative estimate of drug-likeness (QED) is 0.770. The maximum atomic E-state index is 8.86. The van der Waals surface area contributed by atoms with Gasteiger partial charge in [-0.15, -0.1) is 0 Å². The highest BCUT2D eigenvalue weighted by molar-refractivity contribution is 7.98. The van der Waals surface area contributed by atoms with Crippen molar-refractivity contribution >= 4 is 23.1 Å². The average molecular weight is 235 g/mol. The topological polar surface area (TPSA) is 61.8 Å². The van der Waals surface area contributed by atoms with Gasteiger partial charge >= 0.3 is 0 Å². The molecular weight excluding hydrogens is 218 g/mol. The van der Waals surface area contributed by atoms with E-state index in [0.29, 0.717) is 17.3 Å². The molecule has 1 rings (SSSR count). The second-order valence-corrected chi connectivity index (χ2v) is 4.73. The van der Waals surface area contributed by atoms with Crippen molar-refractivity contribution in [1.29, 1.82) is 5.26 Å². The van der Waals surface area contributed by atoms with Crippen LogP contribution >= 0.6 is 11.8 Å². The van der Waals surface area contributed by atoms with E-state index < -0.39 is 0 Å². The monoisotopic (exact) mass is 235 g/mol. The van der Waals surface area contributed by atoms with Crippen molar-refractivity contribution in [2.45, 2.75) is 19.4 Å². The fourth-order valence-corrected chi connectivity index (χ4v) is 1.98. The minimum absolute atomic E-state index is 0.405. The molecule has 86 valence electrons. The molecule has 0 saturated heterocycles. The summed E-state index contributed by atoms with van der Waals surface area (Å²) in [7, 11) is 0. The van der Waals surface area contributed by atoms with Crippen molar-refractivity contribution in [1.82, 2.24) is 0 Å². The number of thioether (sulfide) groups is 1. The first kappa shape index (κ1) is 12.7. The fourth-order valence-electron chi connectivity index (χ4n) is 1.39. The van der Waals surface area contributed by atoms with Crippen molar-refractivity contribution in [2.75, 3.05) is 23.1 Å². The van der Waals surface area contributed by atoms with Gasteiger partial charge in [0.2, 0.25) is 0 Å². The summed E-state index contributed by atoms with van der Waals surface area (Å²) in [6.07, 6.45) is 3.21. The highest BCUT2D eigenvalue weighted by Gasteiger charge is 2.04. The number of nitrogens with zero attached hydrogens (tertiary/aromatic N) is 1. The number of nitrogens with one attached hydrogen (secondary N) is 1. The summed E-state index contributed by atoms with van der Waals surface area (Å²) in [4.78, 5) is 0. The van der Waals surface area contributed by atoms with Crippen molar-refractivity contribution in [3.8, 4) is 6.07 Å². The van der Waals surface area contributed by atoms with Gasteiger partial charge in [-0.3, -0.25) is 0 Å². The molecule has 1 aromatic carbocycles. The molecule has 1 atom stereocenters. The first-order chi connectivity index (χ1) is 7.67. The molecule has 0 bridgehead atoms. The third-order valence-electron chi connectivity index (χ3n) is 2.34. The molecule has 0 aliphatic rings. The van der Waals surface area contributed by atoms with E-state index in [9.17, 15) is 0 Å². The molecule has 0 spiro atoms. The minimum Gasteiger partial charge on any atom is -0.398 e. The summed E-state index contributed by atoms with van der Waals surface area (Å²) in [5.41, 5.74) is 7.68. The van der Waals surface area contributed by atoms with E-state index in [1.54, 1.807) is 12.1 Å². The van der Waals surface area contributed by atoms with Crippen molar-refractivity contribution in [2.24, 2.45) is 0 Å². The molecule has 1 unspecified atom stereocenters. The maximum absolute atomic E-state index is 8.86. The van der Waals surface area contributed by atoms with Gasteiger partial charge in [-0.25, -0.2) is 0 Å². The van der Waals surface area contributed by atoms with Gasteiger partial charge in [0.1, 0.15) is 6.07 Å². The Hall–Kier alpha value is -1.34. The smallest absolute Gasteiger partial charge is 0.101 e. The number of hydrogen-bond donors (Lipinski definition) is 2. The van der Waals surface area contributed by atoms with Crippen LogP contribution in [0.25, 0.3) is 0 Å². The van der Waals surface area contributed by atoms with Gasteiger partial charge in [-0.2, -0.15) is 17.0 Å². The third-order valence-corrected chi connectivity index (χ3v) is 2.99. The van der Waals surface area contributed by atoms with Gasteiger partial charge in [-0.05, 0) is 43.6 Å².